The second kappa shape index (κ2) is 8.19. The number of methoxy groups -OCH3 is 2. The van der Waals surface area contributed by atoms with E-state index in [1.165, 1.54) is 20.3 Å². The van der Waals surface area contributed by atoms with Crippen LogP contribution in [0.3, 0.4) is 0 Å². The first kappa shape index (κ1) is 18.3. The molecule has 0 bridgehead atoms. The highest BCUT2D eigenvalue weighted by Gasteiger charge is 2.27. The zero-order valence-electron chi connectivity index (χ0n) is 14.7. The van der Waals surface area contributed by atoms with Crippen LogP contribution in [-0.4, -0.2) is 32.3 Å². The van der Waals surface area contributed by atoms with Crippen LogP contribution in [0.1, 0.15) is 13.8 Å². The Morgan fingerprint density at radius 1 is 0.960 bits per heavy atom. The molecule has 0 spiro atoms. The Morgan fingerprint density at radius 2 is 1.60 bits per heavy atom. The van der Waals surface area contributed by atoms with Gasteiger partial charge in [-0.2, -0.15) is 0 Å². The van der Waals surface area contributed by atoms with Crippen molar-refractivity contribution in [3.8, 4) is 5.75 Å². The lowest BCUT2D eigenvalue weighted by molar-refractivity contribution is -0.139. The van der Waals surface area contributed by atoms with E-state index < -0.39 is 11.9 Å². The van der Waals surface area contributed by atoms with Crippen LogP contribution < -0.4 is 9.64 Å². The van der Waals surface area contributed by atoms with E-state index in [9.17, 15) is 9.59 Å². The number of hydrogen-bond acceptors (Lipinski definition) is 6. The smallest absolute Gasteiger partial charge is 0.355 e. The molecule has 0 atom stereocenters. The average molecular weight is 343 g/mol. The lowest BCUT2D eigenvalue weighted by Gasteiger charge is -2.23. The third kappa shape index (κ3) is 4.29. The van der Waals surface area contributed by atoms with Gasteiger partial charge in [0.15, 0.2) is 0 Å². The Balaban J connectivity index is 2.49. The highest BCUT2D eigenvalue weighted by Crippen LogP contribution is 2.28. The molecule has 2 rings (SSSR count). The van der Waals surface area contributed by atoms with Crippen molar-refractivity contribution in [2.24, 2.45) is 0 Å². The summed E-state index contributed by atoms with van der Waals surface area (Å²) in [5.74, 6) is -0.545. The summed E-state index contributed by atoms with van der Waals surface area (Å²) >= 11 is 0. The number of benzene rings is 1. The monoisotopic (exact) mass is 343 g/mol. The number of rotatable bonds is 5. The molecule has 0 saturated heterocycles. The molecule has 0 radical (unpaired) electrons. The largest absolute Gasteiger partial charge is 0.491 e. The molecule has 1 aromatic carbocycles. The average Bonchev–Trinajstić information content (AvgIpc) is 2.83. The first-order valence-electron chi connectivity index (χ1n) is 7.79. The molecule has 0 aliphatic carbocycles. The quantitative estimate of drug-likeness (QED) is 0.766. The van der Waals surface area contributed by atoms with Crippen LogP contribution in [0.25, 0.3) is 0 Å². The third-order valence-corrected chi connectivity index (χ3v) is 3.38. The standard InChI is InChI=1S/C19H21NO5/c1-13(2)25-15-10-8-14(9-11-15)20-12-6-5-7-16(18(21)23-3)17(20)19(22)24-4/h5-13H,1-4H3. The Morgan fingerprint density at radius 3 is 2.16 bits per heavy atom. The van der Waals surface area contributed by atoms with E-state index >= 15 is 0 Å². The van der Waals surface area contributed by atoms with Crippen molar-refractivity contribution < 1.29 is 23.8 Å². The van der Waals surface area contributed by atoms with Gasteiger partial charge in [0.1, 0.15) is 11.4 Å². The SMILES string of the molecule is COC(=O)C1=C(C(=O)OC)N(c2ccc(OC(C)C)cc2)C=CC=C1. The lowest BCUT2D eigenvalue weighted by atomic mass is 10.1. The van der Waals surface area contributed by atoms with Gasteiger partial charge in [-0.3, -0.25) is 0 Å². The minimum atomic E-state index is -0.640. The molecule has 1 aliphatic rings. The highest BCUT2D eigenvalue weighted by molar-refractivity contribution is 6.05. The van der Waals surface area contributed by atoms with Crippen LogP contribution in [0.4, 0.5) is 5.69 Å². The van der Waals surface area contributed by atoms with Crippen molar-refractivity contribution in [3.63, 3.8) is 0 Å². The number of anilines is 1. The Kier molecular flexibility index (Phi) is 6.00. The van der Waals surface area contributed by atoms with E-state index in [1.807, 2.05) is 13.8 Å². The molecule has 6 heteroatoms. The molecular formula is C19H21NO5. The van der Waals surface area contributed by atoms with Crippen molar-refractivity contribution in [2.75, 3.05) is 19.1 Å². The van der Waals surface area contributed by atoms with Crippen molar-refractivity contribution in [2.45, 2.75) is 20.0 Å². The fourth-order valence-corrected chi connectivity index (χ4v) is 2.32. The first-order valence-corrected chi connectivity index (χ1v) is 7.79. The van der Waals surface area contributed by atoms with E-state index in [2.05, 4.69) is 0 Å². The number of allylic oxidation sites excluding steroid dienone is 2. The van der Waals surface area contributed by atoms with E-state index in [0.29, 0.717) is 11.4 Å². The van der Waals surface area contributed by atoms with Crippen LogP contribution in [0.5, 0.6) is 5.75 Å². The summed E-state index contributed by atoms with van der Waals surface area (Å²) in [6.07, 6.45) is 6.63. The summed E-state index contributed by atoms with van der Waals surface area (Å²) in [6, 6.07) is 7.19. The molecule has 0 fully saturated rings. The number of hydrogen-bond donors (Lipinski definition) is 0. The summed E-state index contributed by atoms with van der Waals surface area (Å²) < 4.78 is 15.3. The maximum atomic E-state index is 12.3. The summed E-state index contributed by atoms with van der Waals surface area (Å²) in [5, 5.41) is 0. The van der Waals surface area contributed by atoms with Crippen molar-refractivity contribution >= 4 is 17.6 Å². The summed E-state index contributed by atoms with van der Waals surface area (Å²) in [5.41, 5.74) is 0.872. The zero-order valence-corrected chi connectivity index (χ0v) is 14.7. The van der Waals surface area contributed by atoms with Gasteiger partial charge in [-0.25, -0.2) is 9.59 Å². The van der Waals surface area contributed by atoms with Gasteiger partial charge >= 0.3 is 11.9 Å². The fourth-order valence-electron chi connectivity index (χ4n) is 2.32. The third-order valence-electron chi connectivity index (χ3n) is 3.38. The Hall–Kier alpha value is -3.02. The summed E-state index contributed by atoms with van der Waals surface area (Å²) in [7, 11) is 2.53. The van der Waals surface area contributed by atoms with Gasteiger partial charge in [0.25, 0.3) is 0 Å². The van der Waals surface area contributed by atoms with Crippen molar-refractivity contribution in [1.82, 2.24) is 0 Å². The fraction of sp³-hybridized carbons (Fsp3) is 0.263. The van der Waals surface area contributed by atoms with Gasteiger partial charge in [-0.15, -0.1) is 0 Å². The zero-order chi connectivity index (χ0) is 18.4. The van der Waals surface area contributed by atoms with Gasteiger partial charge in [-0.05, 0) is 50.3 Å². The predicted molar refractivity (Wildman–Crippen MR) is 94.0 cm³/mol. The van der Waals surface area contributed by atoms with E-state index in [0.717, 1.165) is 0 Å². The number of carbonyl (C=O) groups is 2. The molecule has 0 amide bonds. The Bertz CT molecular complexity index is 729. The van der Waals surface area contributed by atoms with Crippen LogP contribution in [0.15, 0.2) is 60.0 Å². The maximum absolute atomic E-state index is 12.3. The molecule has 0 unspecified atom stereocenters. The van der Waals surface area contributed by atoms with E-state index in [4.69, 9.17) is 14.2 Å². The molecule has 6 nitrogen and oxygen atoms in total. The topological polar surface area (TPSA) is 65.1 Å². The normalized spacial score (nSPS) is 13.7. The second-order valence-corrected chi connectivity index (χ2v) is 5.48. The number of esters is 2. The van der Waals surface area contributed by atoms with Gasteiger partial charge < -0.3 is 19.1 Å². The highest BCUT2D eigenvalue weighted by atomic mass is 16.5. The minimum Gasteiger partial charge on any atom is -0.491 e. The van der Waals surface area contributed by atoms with Crippen molar-refractivity contribution in [1.29, 1.82) is 0 Å². The molecule has 25 heavy (non-hydrogen) atoms. The maximum Gasteiger partial charge on any atom is 0.355 e. The number of nitrogens with zero attached hydrogens (tertiary/aromatic N) is 1. The molecule has 1 aliphatic heterocycles. The second-order valence-electron chi connectivity index (χ2n) is 5.48. The van der Waals surface area contributed by atoms with Crippen LogP contribution in [0.2, 0.25) is 0 Å². The molecule has 0 N–H and O–H groups in total. The lowest BCUT2D eigenvalue weighted by Crippen LogP contribution is -2.26. The molecule has 0 aromatic heterocycles. The van der Waals surface area contributed by atoms with Crippen LogP contribution in [-0.2, 0) is 19.1 Å². The minimum absolute atomic E-state index is 0.0598. The van der Waals surface area contributed by atoms with Gasteiger partial charge in [-0.1, -0.05) is 6.08 Å². The van der Waals surface area contributed by atoms with Crippen molar-refractivity contribution in [3.05, 3.63) is 60.0 Å². The number of carbonyl (C=O) groups excluding carboxylic acids is 2. The molecule has 1 heterocycles. The molecule has 1 aromatic rings. The van der Waals surface area contributed by atoms with E-state index in [-0.39, 0.29) is 17.4 Å². The van der Waals surface area contributed by atoms with E-state index in [1.54, 1.807) is 47.5 Å². The number of ether oxygens (including phenoxy) is 3. The van der Waals surface area contributed by atoms with Gasteiger partial charge in [0.2, 0.25) is 0 Å². The molecule has 0 saturated carbocycles. The Labute approximate surface area is 147 Å². The predicted octanol–water partition coefficient (Wildman–Crippen LogP) is 2.96. The van der Waals surface area contributed by atoms with Gasteiger partial charge in [0, 0.05) is 11.9 Å². The van der Waals surface area contributed by atoms with Crippen LogP contribution >= 0.6 is 0 Å². The van der Waals surface area contributed by atoms with Crippen LogP contribution in [0, 0.1) is 0 Å². The molecule has 132 valence electrons. The first-order chi connectivity index (χ1) is 12.0. The summed E-state index contributed by atoms with van der Waals surface area (Å²) in [6.45, 7) is 3.88. The summed E-state index contributed by atoms with van der Waals surface area (Å²) in [4.78, 5) is 26.0. The van der Waals surface area contributed by atoms with Gasteiger partial charge in [0.05, 0.1) is 25.9 Å². The molecular weight excluding hydrogens is 322 g/mol.